The van der Waals surface area contributed by atoms with Crippen LogP contribution < -0.4 is 4.90 Å². The van der Waals surface area contributed by atoms with Crippen molar-refractivity contribution in [1.29, 1.82) is 0 Å². The summed E-state index contributed by atoms with van der Waals surface area (Å²) in [6.07, 6.45) is 2.38. The van der Waals surface area contributed by atoms with Gasteiger partial charge < -0.3 is 9.42 Å². The van der Waals surface area contributed by atoms with E-state index < -0.39 is 0 Å². The summed E-state index contributed by atoms with van der Waals surface area (Å²) in [7, 11) is 0. The van der Waals surface area contributed by atoms with Gasteiger partial charge >= 0.3 is 0 Å². The largest absolute Gasteiger partial charge is 0.361 e. The van der Waals surface area contributed by atoms with Gasteiger partial charge in [-0.1, -0.05) is 23.4 Å². The van der Waals surface area contributed by atoms with E-state index in [0.717, 1.165) is 48.8 Å². The van der Waals surface area contributed by atoms with Gasteiger partial charge in [-0.3, -0.25) is 9.69 Å². The summed E-state index contributed by atoms with van der Waals surface area (Å²) in [6, 6.07) is 8.77. The third-order valence-electron chi connectivity index (χ3n) is 5.71. The fourth-order valence-corrected chi connectivity index (χ4v) is 4.42. The van der Waals surface area contributed by atoms with Crippen molar-refractivity contribution < 1.29 is 9.32 Å². The van der Waals surface area contributed by atoms with Gasteiger partial charge in [0.1, 0.15) is 5.76 Å². The number of hydrogen-bond acceptors (Lipinski definition) is 4. The molecule has 2 aromatic rings. The quantitative estimate of drug-likeness (QED) is 0.841. The van der Waals surface area contributed by atoms with Crippen LogP contribution in [0.25, 0.3) is 0 Å². The van der Waals surface area contributed by atoms with E-state index in [1.165, 1.54) is 12.0 Å². The maximum Gasteiger partial charge on any atom is 0.234 e. The number of aromatic nitrogens is 1. The van der Waals surface area contributed by atoms with Crippen molar-refractivity contribution in [1.82, 2.24) is 10.1 Å². The average Bonchev–Trinajstić information content (AvgIpc) is 3.14. The minimum Gasteiger partial charge on any atom is -0.361 e. The van der Waals surface area contributed by atoms with E-state index >= 15 is 0 Å². The first-order valence-electron chi connectivity index (χ1n) is 9.12. The maximum atomic E-state index is 13.4. The minimum atomic E-state index is -0.257. The molecule has 5 nitrogen and oxygen atoms in total. The molecule has 0 N–H and O–H groups in total. The number of aryl methyl sites for hydroxylation is 2. The fourth-order valence-electron chi connectivity index (χ4n) is 4.42. The molecule has 5 heteroatoms. The Labute approximate surface area is 148 Å². The summed E-state index contributed by atoms with van der Waals surface area (Å²) >= 11 is 0. The number of anilines is 1. The number of rotatable bonds is 2. The molecule has 25 heavy (non-hydrogen) atoms. The topological polar surface area (TPSA) is 49.6 Å². The van der Waals surface area contributed by atoms with Crippen LogP contribution in [-0.2, 0) is 11.3 Å². The molecular weight excluding hydrogens is 314 g/mol. The van der Waals surface area contributed by atoms with E-state index in [9.17, 15) is 4.79 Å². The Morgan fingerprint density at radius 1 is 1.32 bits per heavy atom. The number of para-hydroxylation sites is 1. The molecule has 1 fully saturated rings. The van der Waals surface area contributed by atoms with Crippen molar-refractivity contribution >= 4 is 11.6 Å². The smallest absolute Gasteiger partial charge is 0.234 e. The third-order valence-corrected chi connectivity index (χ3v) is 5.71. The highest BCUT2D eigenvalue weighted by Gasteiger charge is 2.36. The summed E-state index contributed by atoms with van der Waals surface area (Å²) in [5.41, 5.74) is 4.03. The van der Waals surface area contributed by atoms with Gasteiger partial charge in [0.15, 0.2) is 0 Å². The van der Waals surface area contributed by atoms with Crippen LogP contribution in [0.2, 0.25) is 0 Å². The molecule has 132 valence electrons. The zero-order chi connectivity index (χ0) is 17.6. The Morgan fingerprint density at radius 2 is 2.12 bits per heavy atom. The van der Waals surface area contributed by atoms with Gasteiger partial charge in [0, 0.05) is 30.4 Å². The molecule has 1 amide bonds. The van der Waals surface area contributed by atoms with Crippen molar-refractivity contribution in [3.8, 4) is 0 Å². The predicted molar refractivity (Wildman–Crippen MR) is 96.6 cm³/mol. The predicted octanol–water partition coefficient (Wildman–Crippen LogP) is 3.41. The lowest BCUT2D eigenvalue weighted by Gasteiger charge is -2.28. The van der Waals surface area contributed by atoms with Crippen molar-refractivity contribution in [3.05, 3.63) is 46.8 Å². The van der Waals surface area contributed by atoms with Gasteiger partial charge in [-0.15, -0.1) is 0 Å². The summed E-state index contributed by atoms with van der Waals surface area (Å²) in [4.78, 5) is 18.0. The summed E-state index contributed by atoms with van der Waals surface area (Å²) in [5.74, 6) is 0.617. The second kappa shape index (κ2) is 6.30. The summed E-state index contributed by atoms with van der Waals surface area (Å²) in [5, 5.41) is 4.03. The minimum absolute atomic E-state index is 0.135. The molecule has 1 aromatic heterocycles. The lowest BCUT2D eigenvalue weighted by Crippen LogP contribution is -2.42. The highest BCUT2D eigenvalue weighted by molar-refractivity contribution is 5.99. The zero-order valence-corrected chi connectivity index (χ0v) is 15.2. The van der Waals surface area contributed by atoms with Crippen LogP contribution in [0.15, 0.2) is 28.8 Å². The average molecular weight is 339 g/mol. The molecule has 0 radical (unpaired) electrons. The van der Waals surface area contributed by atoms with Gasteiger partial charge in [-0.25, -0.2) is 0 Å². The number of amides is 1. The van der Waals surface area contributed by atoms with Crippen LogP contribution in [0, 0.1) is 13.8 Å². The molecule has 0 bridgehead atoms. The first-order chi connectivity index (χ1) is 12.1. The highest BCUT2D eigenvalue weighted by atomic mass is 16.5. The van der Waals surface area contributed by atoms with Gasteiger partial charge in [0.05, 0.1) is 11.6 Å². The first-order valence-corrected chi connectivity index (χ1v) is 9.12. The molecule has 3 heterocycles. The van der Waals surface area contributed by atoms with Crippen LogP contribution in [0.3, 0.4) is 0 Å². The maximum absolute atomic E-state index is 13.4. The van der Waals surface area contributed by atoms with Gasteiger partial charge in [-0.2, -0.15) is 0 Å². The molecule has 1 saturated heterocycles. The molecular formula is C20H25N3O2. The molecule has 2 aliphatic rings. The number of benzene rings is 1. The van der Waals surface area contributed by atoms with Crippen LogP contribution in [-0.4, -0.2) is 35.1 Å². The molecule has 0 saturated carbocycles. The van der Waals surface area contributed by atoms with E-state index in [1.807, 2.05) is 31.7 Å². The number of hydrogen-bond donors (Lipinski definition) is 0. The fraction of sp³-hybridized carbons (Fsp3) is 0.500. The number of carbonyl (C=O) groups excluding carboxylic acids is 1. The number of nitrogens with zero attached hydrogens (tertiary/aromatic N) is 3. The Hall–Kier alpha value is -2.14. The molecule has 0 aliphatic carbocycles. The Bertz CT molecular complexity index is 778. The number of carbonyl (C=O) groups is 1. The SMILES string of the molecule is Cc1noc(C)c1C(C)C(=O)N1CC2CCCN2Cc2ccccc21. The van der Waals surface area contributed by atoms with Crippen LogP contribution in [0.4, 0.5) is 5.69 Å². The molecule has 1 aromatic carbocycles. The van der Waals surface area contributed by atoms with Crippen LogP contribution >= 0.6 is 0 Å². The molecule has 2 atom stereocenters. The van der Waals surface area contributed by atoms with Gasteiger partial charge in [0.2, 0.25) is 5.91 Å². The van der Waals surface area contributed by atoms with Crippen LogP contribution in [0.1, 0.15) is 48.3 Å². The summed E-state index contributed by atoms with van der Waals surface area (Å²) < 4.78 is 5.29. The third kappa shape index (κ3) is 2.76. The van der Waals surface area contributed by atoms with Crippen LogP contribution in [0.5, 0.6) is 0 Å². The van der Waals surface area contributed by atoms with Crippen molar-refractivity contribution in [2.24, 2.45) is 0 Å². The number of fused-ring (bicyclic) bond motifs is 2. The van der Waals surface area contributed by atoms with Gasteiger partial charge in [0.25, 0.3) is 0 Å². The van der Waals surface area contributed by atoms with E-state index in [-0.39, 0.29) is 11.8 Å². The molecule has 0 spiro atoms. The Kier molecular flexibility index (Phi) is 4.12. The zero-order valence-electron chi connectivity index (χ0n) is 15.2. The molecule has 2 unspecified atom stereocenters. The lowest BCUT2D eigenvalue weighted by atomic mass is 9.97. The lowest BCUT2D eigenvalue weighted by molar-refractivity contribution is -0.119. The monoisotopic (exact) mass is 339 g/mol. The second-order valence-corrected chi connectivity index (χ2v) is 7.30. The summed E-state index contributed by atoms with van der Waals surface area (Å²) in [6.45, 7) is 8.59. The van der Waals surface area contributed by atoms with Gasteiger partial charge in [-0.05, 0) is 51.8 Å². The van der Waals surface area contributed by atoms with E-state index in [1.54, 1.807) is 0 Å². The molecule has 4 rings (SSSR count). The van der Waals surface area contributed by atoms with E-state index in [2.05, 4.69) is 28.3 Å². The first kappa shape index (κ1) is 16.3. The Balaban J connectivity index is 1.71. The second-order valence-electron chi connectivity index (χ2n) is 7.30. The van der Waals surface area contributed by atoms with Crippen molar-refractivity contribution in [3.63, 3.8) is 0 Å². The normalized spacial score (nSPS) is 21.6. The standard InChI is InChI=1S/C20H25N3O2/c1-13(19-14(2)21-25-15(19)3)20(24)23-12-17-8-6-10-22(17)11-16-7-4-5-9-18(16)23/h4-5,7,9,13,17H,6,8,10-12H2,1-3H3. The van der Waals surface area contributed by atoms with E-state index in [4.69, 9.17) is 4.52 Å². The van der Waals surface area contributed by atoms with Crippen molar-refractivity contribution in [2.75, 3.05) is 18.0 Å². The highest BCUT2D eigenvalue weighted by Crippen LogP contribution is 2.34. The van der Waals surface area contributed by atoms with E-state index in [0.29, 0.717) is 6.04 Å². The Morgan fingerprint density at radius 3 is 2.88 bits per heavy atom. The molecule has 2 aliphatic heterocycles. The van der Waals surface area contributed by atoms with Crippen molar-refractivity contribution in [2.45, 2.75) is 52.1 Å².